The fraction of sp³-hybridized carbons (Fsp3) is 0.567. The third-order valence-electron chi connectivity index (χ3n) is 7.41. The molecule has 0 radical (unpaired) electrons. The van der Waals surface area contributed by atoms with E-state index < -0.39 is 5.41 Å². The molecular weight excluding hydrogens is 424 g/mol. The molecule has 0 aromatic heterocycles. The summed E-state index contributed by atoms with van der Waals surface area (Å²) in [7, 11) is 1.60. The van der Waals surface area contributed by atoms with Crippen molar-refractivity contribution in [2.24, 2.45) is 5.41 Å². The van der Waals surface area contributed by atoms with E-state index in [-0.39, 0.29) is 24.2 Å². The van der Waals surface area contributed by atoms with Crippen LogP contribution in [-0.2, 0) is 14.3 Å². The molecule has 0 amide bonds. The summed E-state index contributed by atoms with van der Waals surface area (Å²) in [4.78, 5) is 12.8. The minimum Gasteiger partial charge on any atom is -0.508 e. The van der Waals surface area contributed by atoms with Crippen LogP contribution in [0, 0.1) is 5.41 Å². The summed E-state index contributed by atoms with van der Waals surface area (Å²) in [6, 6.07) is 16.7. The van der Waals surface area contributed by atoms with Crippen LogP contribution in [0.5, 0.6) is 5.75 Å². The van der Waals surface area contributed by atoms with E-state index in [1.807, 2.05) is 26.0 Å². The van der Waals surface area contributed by atoms with Gasteiger partial charge in [0.2, 0.25) is 0 Å². The fourth-order valence-electron chi connectivity index (χ4n) is 5.29. The number of carbonyl (C=O) groups excluding carboxylic acids is 1. The standard InChI is InChI=1S/C30H42O4/c1-22(23-10-12-25(13-11-23)24-8-6-5-7-9-24)20-27(26-14-16-28(31)17-15-26)21-30(2,3)29(32)34-19-18-33-4/h10-17,22,24,27,31H,5-9,18-21H2,1-4H3. The molecule has 2 aromatic rings. The van der Waals surface area contributed by atoms with Crippen molar-refractivity contribution in [1.29, 1.82) is 0 Å². The van der Waals surface area contributed by atoms with Gasteiger partial charge in [0.1, 0.15) is 12.4 Å². The molecule has 186 valence electrons. The summed E-state index contributed by atoms with van der Waals surface area (Å²) in [5, 5.41) is 9.79. The number of phenols is 1. The maximum atomic E-state index is 12.8. The van der Waals surface area contributed by atoms with E-state index in [0.29, 0.717) is 24.9 Å². The number of ether oxygens (including phenoxy) is 2. The quantitative estimate of drug-likeness (QED) is 0.278. The first kappa shape index (κ1) is 26.3. The zero-order chi connectivity index (χ0) is 24.6. The van der Waals surface area contributed by atoms with Gasteiger partial charge in [-0.3, -0.25) is 4.79 Å². The SMILES string of the molecule is COCCOC(=O)C(C)(C)CC(CC(C)c1ccc(C2CCCCC2)cc1)c1ccc(O)cc1. The lowest BCUT2D eigenvalue weighted by atomic mass is 9.75. The largest absolute Gasteiger partial charge is 0.508 e. The molecule has 4 nitrogen and oxygen atoms in total. The normalized spacial score (nSPS) is 16.7. The molecule has 1 N–H and O–H groups in total. The Morgan fingerprint density at radius 3 is 2.21 bits per heavy atom. The van der Waals surface area contributed by atoms with Gasteiger partial charge in [0.05, 0.1) is 12.0 Å². The molecule has 1 aliphatic carbocycles. The Morgan fingerprint density at radius 2 is 1.59 bits per heavy atom. The third kappa shape index (κ3) is 7.33. The van der Waals surface area contributed by atoms with Gasteiger partial charge >= 0.3 is 5.97 Å². The second-order valence-corrected chi connectivity index (χ2v) is 10.6. The van der Waals surface area contributed by atoms with Gasteiger partial charge in [-0.2, -0.15) is 0 Å². The van der Waals surface area contributed by atoms with Crippen molar-refractivity contribution in [2.75, 3.05) is 20.3 Å². The summed E-state index contributed by atoms with van der Waals surface area (Å²) in [5.41, 5.74) is 3.33. The molecule has 0 heterocycles. The topological polar surface area (TPSA) is 55.8 Å². The molecule has 1 aliphatic rings. The molecule has 3 rings (SSSR count). The Hall–Kier alpha value is -2.33. The van der Waals surface area contributed by atoms with Crippen molar-refractivity contribution in [1.82, 2.24) is 0 Å². The number of aromatic hydroxyl groups is 1. The number of hydrogen-bond donors (Lipinski definition) is 1. The molecular formula is C30H42O4. The van der Waals surface area contributed by atoms with Gasteiger partial charge in [-0.1, -0.05) is 62.6 Å². The van der Waals surface area contributed by atoms with Crippen LogP contribution in [0.3, 0.4) is 0 Å². The number of phenolic OH excluding ortho intramolecular Hbond substituents is 1. The van der Waals surface area contributed by atoms with E-state index in [1.54, 1.807) is 19.2 Å². The summed E-state index contributed by atoms with van der Waals surface area (Å²) in [5.74, 6) is 1.29. The van der Waals surface area contributed by atoms with Gasteiger partial charge in [-0.25, -0.2) is 0 Å². The highest BCUT2D eigenvalue weighted by Gasteiger charge is 2.34. The average molecular weight is 467 g/mol. The number of carbonyl (C=O) groups is 1. The third-order valence-corrected chi connectivity index (χ3v) is 7.41. The number of rotatable bonds is 11. The molecule has 0 aliphatic heterocycles. The monoisotopic (exact) mass is 466 g/mol. The molecule has 4 heteroatoms. The van der Waals surface area contributed by atoms with Crippen LogP contribution in [0.2, 0.25) is 0 Å². The fourth-order valence-corrected chi connectivity index (χ4v) is 5.29. The molecule has 0 bridgehead atoms. The molecule has 0 saturated heterocycles. The zero-order valence-corrected chi connectivity index (χ0v) is 21.4. The smallest absolute Gasteiger partial charge is 0.311 e. The minimum absolute atomic E-state index is 0.165. The molecule has 1 saturated carbocycles. The van der Waals surface area contributed by atoms with Crippen LogP contribution >= 0.6 is 0 Å². The lowest BCUT2D eigenvalue weighted by Crippen LogP contribution is -2.30. The zero-order valence-electron chi connectivity index (χ0n) is 21.4. The summed E-state index contributed by atoms with van der Waals surface area (Å²) < 4.78 is 10.5. The summed E-state index contributed by atoms with van der Waals surface area (Å²) in [6.07, 6.45) is 8.29. The van der Waals surface area contributed by atoms with Gasteiger partial charge in [0.25, 0.3) is 0 Å². The first-order chi connectivity index (χ1) is 16.3. The average Bonchev–Trinajstić information content (AvgIpc) is 2.84. The van der Waals surface area contributed by atoms with Crippen LogP contribution in [0.15, 0.2) is 48.5 Å². The lowest BCUT2D eigenvalue weighted by molar-refractivity contribution is -0.155. The number of benzene rings is 2. The molecule has 0 spiro atoms. The van der Waals surface area contributed by atoms with Gasteiger partial charge < -0.3 is 14.6 Å². The van der Waals surface area contributed by atoms with Crippen LogP contribution in [0.1, 0.15) is 100 Å². The van der Waals surface area contributed by atoms with Crippen LogP contribution < -0.4 is 0 Å². The highest BCUT2D eigenvalue weighted by Crippen LogP contribution is 2.40. The van der Waals surface area contributed by atoms with Crippen molar-refractivity contribution in [3.8, 4) is 5.75 Å². The lowest BCUT2D eigenvalue weighted by Gasteiger charge is -2.30. The van der Waals surface area contributed by atoms with Crippen molar-refractivity contribution in [3.63, 3.8) is 0 Å². The highest BCUT2D eigenvalue weighted by molar-refractivity contribution is 5.76. The van der Waals surface area contributed by atoms with E-state index in [4.69, 9.17) is 9.47 Å². The Labute approximate surface area is 205 Å². The van der Waals surface area contributed by atoms with Crippen LogP contribution in [-0.4, -0.2) is 31.4 Å². The van der Waals surface area contributed by atoms with E-state index >= 15 is 0 Å². The molecule has 2 aromatic carbocycles. The molecule has 34 heavy (non-hydrogen) atoms. The van der Waals surface area contributed by atoms with Gasteiger partial charge in [0.15, 0.2) is 0 Å². The van der Waals surface area contributed by atoms with Gasteiger partial charge in [-0.05, 0) is 86.1 Å². The first-order valence-electron chi connectivity index (χ1n) is 12.8. The maximum Gasteiger partial charge on any atom is 0.311 e. The molecule has 2 unspecified atom stereocenters. The number of methoxy groups -OCH3 is 1. The van der Waals surface area contributed by atoms with E-state index in [9.17, 15) is 9.90 Å². The highest BCUT2D eigenvalue weighted by atomic mass is 16.6. The predicted molar refractivity (Wildman–Crippen MR) is 137 cm³/mol. The van der Waals surface area contributed by atoms with Gasteiger partial charge in [0, 0.05) is 7.11 Å². The molecule has 2 atom stereocenters. The van der Waals surface area contributed by atoms with Crippen molar-refractivity contribution in [2.45, 2.75) is 83.5 Å². The Bertz CT molecular complexity index is 879. The predicted octanol–water partition coefficient (Wildman–Crippen LogP) is 7.32. The van der Waals surface area contributed by atoms with Crippen molar-refractivity contribution in [3.05, 3.63) is 65.2 Å². The first-order valence-corrected chi connectivity index (χ1v) is 12.8. The Balaban J connectivity index is 1.73. The minimum atomic E-state index is -0.624. The van der Waals surface area contributed by atoms with Crippen LogP contribution in [0.25, 0.3) is 0 Å². The molecule has 1 fully saturated rings. The van der Waals surface area contributed by atoms with Crippen LogP contribution in [0.4, 0.5) is 0 Å². The number of esters is 1. The van der Waals surface area contributed by atoms with Crippen molar-refractivity contribution >= 4 is 5.97 Å². The van der Waals surface area contributed by atoms with Crippen molar-refractivity contribution < 1.29 is 19.4 Å². The summed E-state index contributed by atoms with van der Waals surface area (Å²) in [6.45, 7) is 6.86. The van der Waals surface area contributed by atoms with E-state index in [1.165, 1.54) is 43.2 Å². The van der Waals surface area contributed by atoms with Gasteiger partial charge in [-0.15, -0.1) is 0 Å². The second-order valence-electron chi connectivity index (χ2n) is 10.6. The number of hydrogen-bond acceptors (Lipinski definition) is 4. The second kappa shape index (κ2) is 12.4. The van der Waals surface area contributed by atoms with E-state index in [0.717, 1.165) is 12.0 Å². The maximum absolute atomic E-state index is 12.8. The Morgan fingerprint density at radius 1 is 0.971 bits per heavy atom. The summed E-state index contributed by atoms with van der Waals surface area (Å²) >= 11 is 0. The Kier molecular flexibility index (Phi) is 9.58. The van der Waals surface area contributed by atoms with E-state index in [2.05, 4.69) is 31.2 Å².